The fraction of sp³-hybridized carbons (Fsp3) is 0.667. The number of nitrogen functional groups attached to an aromatic ring is 1. The first-order valence-electron chi connectivity index (χ1n) is 8.41. The molecule has 0 aliphatic heterocycles. The maximum Gasteiger partial charge on any atom is 0.142 e. The molecule has 0 saturated heterocycles. The number of aryl methyl sites for hydroxylation is 1. The molecule has 120 valence electrons. The van der Waals surface area contributed by atoms with Crippen molar-refractivity contribution in [2.24, 2.45) is 11.8 Å². The first-order chi connectivity index (χ1) is 10.5. The molecule has 4 N–H and O–H groups in total. The van der Waals surface area contributed by atoms with Crippen LogP contribution in [0.3, 0.4) is 0 Å². The molecule has 3 aliphatic carbocycles. The number of anilines is 1. The Kier molecular flexibility index (Phi) is 3.17. The van der Waals surface area contributed by atoms with Gasteiger partial charge in [0.2, 0.25) is 0 Å². The van der Waals surface area contributed by atoms with E-state index < -0.39 is 11.7 Å². The molecule has 4 nitrogen and oxygen atoms in total. The lowest BCUT2D eigenvalue weighted by molar-refractivity contribution is -0.123. The zero-order valence-corrected chi connectivity index (χ0v) is 13.1. The van der Waals surface area contributed by atoms with Crippen molar-refractivity contribution in [3.8, 4) is 5.75 Å². The number of hydrogen-bond acceptors (Lipinski definition) is 4. The van der Waals surface area contributed by atoms with Gasteiger partial charge in [-0.2, -0.15) is 0 Å². The summed E-state index contributed by atoms with van der Waals surface area (Å²) >= 11 is 0. The third-order valence-corrected chi connectivity index (χ3v) is 6.50. The number of methoxy groups -OCH3 is 1. The molecule has 3 aliphatic rings. The molecule has 0 heterocycles. The largest absolute Gasteiger partial charge is 0.495 e. The minimum absolute atomic E-state index is 0.234. The van der Waals surface area contributed by atoms with E-state index >= 15 is 0 Å². The van der Waals surface area contributed by atoms with Gasteiger partial charge in [-0.3, -0.25) is 0 Å². The van der Waals surface area contributed by atoms with Crippen LogP contribution in [0, 0.1) is 11.8 Å². The highest BCUT2D eigenvalue weighted by Gasteiger charge is 2.56. The van der Waals surface area contributed by atoms with E-state index in [-0.39, 0.29) is 5.92 Å². The Hall–Kier alpha value is -1.26. The number of nitrogens with two attached hydrogens (primary N) is 1. The van der Waals surface area contributed by atoms with Crippen molar-refractivity contribution in [1.82, 2.24) is 0 Å². The number of aliphatic hydroxyl groups excluding tert-OH is 1. The van der Waals surface area contributed by atoms with Crippen LogP contribution in [-0.2, 0) is 6.42 Å². The van der Waals surface area contributed by atoms with Gasteiger partial charge >= 0.3 is 0 Å². The molecule has 0 aromatic heterocycles. The molecular formula is C18H25NO3. The Balaban J connectivity index is 1.71. The Morgan fingerprint density at radius 1 is 1.23 bits per heavy atom. The van der Waals surface area contributed by atoms with Gasteiger partial charge in [0.1, 0.15) is 5.75 Å². The summed E-state index contributed by atoms with van der Waals surface area (Å²) < 4.78 is 5.35. The van der Waals surface area contributed by atoms with Crippen LogP contribution in [0.15, 0.2) is 12.1 Å². The van der Waals surface area contributed by atoms with Crippen LogP contribution in [0.25, 0.3) is 0 Å². The number of aliphatic hydroxyl groups is 2. The molecule has 0 spiro atoms. The number of hydrogen-bond donors (Lipinski definition) is 3. The van der Waals surface area contributed by atoms with E-state index in [2.05, 4.69) is 12.1 Å². The molecule has 1 aromatic rings. The second kappa shape index (κ2) is 4.87. The second-order valence-electron chi connectivity index (χ2n) is 7.33. The van der Waals surface area contributed by atoms with Crippen molar-refractivity contribution in [2.45, 2.75) is 56.1 Å². The third-order valence-electron chi connectivity index (χ3n) is 6.50. The fourth-order valence-corrected chi connectivity index (χ4v) is 5.41. The quantitative estimate of drug-likeness (QED) is 0.695. The zero-order chi connectivity index (χ0) is 15.5. The van der Waals surface area contributed by atoms with E-state index in [1.807, 2.05) is 0 Å². The van der Waals surface area contributed by atoms with E-state index in [1.165, 1.54) is 11.1 Å². The summed E-state index contributed by atoms with van der Waals surface area (Å²) in [5, 5.41) is 21.1. The average Bonchev–Trinajstić information content (AvgIpc) is 2.82. The second-order valence-corrected chi connectivity index (χ2v) is 7.33. The van der Waals surface area contributed by atoms with Crippen LogP contribution in [0.2, 0.25) is 0 Å². The van der Waals surface area contributed by atoms with Crippen molar-refractivity contribution in [2.75, 3.05) is 12.8 Å². The molecular weight excluding hydrogens is 278 g/mol. The normalized spacial score (nSPS) is 39.8. The van der Waals surface area contributed by atoms with Crippen LogP contribution in [0.1, 0.15) is 49.1 Å². The molecule has 2 fully saturated rings. The Morgan fingerprint density at radius 2 is 2.05 bits per heavy atom. The van der Waals surface area contributed by atoms with Gasteiger partial charge in [-0.1, -0.05) is 0 Å². The minimum atomic E-state index is -0.851. The molecule has 0 radical (unpaired) electrons. The first-order valence-corrected chi connectivity index (χ1v) is 8.41. The highest BCUT2D eigenvalue weighted by Crippen LogP contribution is 2.57. The summed E-state index contributed by atoms with van der Waals surface area (Å²) in [7, 11) is 1.66. The topological polar surface area (TPSA) is 75.7 Å². The standard InChI is InChI=1S/C18H25NO3/c1-22-16-8-10-2-3-12-11(13(10)9-15(16)19)6-7-18(21)14(12)4-5-17(18)20/h8-9,11-12,14,17,20-21H,2-7,19H2,1H3. The zero-order valence-electron chi connectivity index (χ0n) is 13.1. The highest BCUT2D eigenvalue weighted by molar-refractivity contribution is 5.58. The van der Waals surface area contributed by atoms with E-state index in [4.69, 9.17) is 10.5 Å². The van der Waals surface area contributed by atoms with Crippen LogP contribution < -0.4 is 10.5 Å². The van der Waals surface area contributed by atoms with Crippen LogP contribution in [0.4, 0.5) is 5.69 Å². The Bertz CT molecular complexity index is 602. The highest BCUT2D eigenvalue weighted by atomic mass is 16.5. The first kappa shape index (κ1) is 14.3. The molecule has 0 amide bonds. The maximum absolute atomic E-state index is 10.9. The van der Waals surface area contributed by atoms with Gasteiger partial charge in [-0.25, -0.2) is 0 Å². The Labute approximate surface area is 131 Å². The summed E-state index contributed by atoms with van der Waals surface area (Å²) in [6.07, 6.45) is 4.88. The number of rotatable bonds is 1. The van der Waals surface area contributed by atoms with Crippen LogP contribution in [0.5, 0.6) is 5.75 Å². The van der Waals surface area contributed by atoms with Gasteiger partial charge < -0.3 is 20.7 Å². The number of ether oxygens (including phenoxy) is 1. The molecule has 5 unspecified atom stereocenters. The molecule has 4 rings (SSSR count). The van der Waals surface area contributed by atoms with Gasteiger partial charge in [0.05, 0.1) is 24.5 Å². The molecule has 0 bridgehead atoms. The van der Waals surface area contributed by atoms with Crippen LogP contribution >= 0.6 is 0 Å². The molecule has 1 aromatic carbocycles. The monoisotopic (exact) mass is 303 g/mol. The fourth-order valence-electron chi connectivity index (χ4n) is 5.41. The molecule has 2 saturated carbocycles. The molecule has 4 heteroatoms. The summed E-state index contributed by atoms with van der Waals surface area (Å²) in [5.74, 6) is 1.93. The lowest BCUT2D eigenvalue weighted by atomic mass is 9.59. The average molecular weight is 303 g/mol. The third kappa shape index (κ3) is 1.83. The molecule has 22 heavy (non-hydrogen) atoms. The van der Waals surface area contributed by atoms with Gasteiger partial charge in [0.15, 0.2) is 0 Å². The van der Waals surface area contributed by atoms with Gasteiger partial charge in [-0.05, 0) is 79.5 Å². The summed E-state index contributed by atoms with van der Waals surface area (Å²) in [6, 6.07) is 4.17. The predicted octanol–water partition coefficient (Wildman–Crippen LogP) is 2.22. The van der Waals surface area contributed by atoms with Gasteiger partial charge in [-0.15, -0.1) is 0 Å². The predicted molar refractivity (Wildman–Crippen MR) is 84.9 cm³/mol. The van der Waals surface area contributed by atoms with Crippen molar-refractivity contribution in [3.63, 3.8) is 0 Å². The van der Waals surface area contributed by atoms with Gasteiger partial charge in [0.25, 0.3) is 0 Å². The smallest absolute Gasteiger partial charge is 0.142 e. The molecule has 5 atom stereocenters. The van der Waals surface area contributed by atoms with Crippen molar-refractivity contribution >= 4 is 5.69 Å². The SMILES string of the molecule is COc1cc2c(cc1N)C1CCC3(O)C(O)CCC3C1CC2. The van der Waals surface area contributed by atoms with E-state index in [0.29, 0.717) is 23.9 Å². The van der Waals surface area contributed by atoms with E-state index in [1.54, 1.807) is 7.11 Å². The summed E-state index contributed by atoms with van der Waals surface area (Å²) in [6.45, 7) is 0. The number of fused-ring (bicyclic) bond motifs is 5. The van der Waals surface area contributed by atoms with Crippen LogP contribution in [-0.4, -0.2) is 29.0 Å². The lowest BCUT2D eigenvalue weighted by Gasteiger charge is -2.49. The summed E-state index contributed by atoms with van der Waals surface area (Å²) in [4.78, 5) is 0. The van der Waals surface area contributed by atoms with Crippen molar-refractivity contribution in [1.29, 1.82) is 0 Å². The summed E-state index contributed by atoms with van der Waals surface area (Å²) in [5.41, 5.74) is 8.66. The Morgan fingerprint density at radius 3 is 2.82 bits per heavy atom. The maximum atomic E-state index is 10.9. The van der Waals surface area contributed by atoms with Crippen molar-refractivity contribution in [3.05, 3.63) is 23.3 Å². The lowest BCUT2D eigenvalue weighted by Crippen LogP contribution is -2.51. The number of benzene rings is 1. The minimum Gasteiger partial charge on any atom is -0.495 e. The van der Waals surface area contributed by atoms with Gasteiger partial charge in [0, 0.05) is 0 Å². The van der Waals surface area contributed by atoms with E-state index in [9.17, 15) is 10.2 Å². The van der Waals surface area contributed by atoms with E-state index in [0.717, 1.165) is 37.9 Å². The van der Waals surface area contributed by atoms with Crippen molar-refractivity contribution < 1.29 is 14.9 Å².